The van der Waals surface area contributed by atoms with Gasteiger partial charge in [0.2, 0.25) is 0 Å². The lowest BCUT2D eigenvalue weighted by molar-refractivity contribution is -0.117. The molecular formula is C25H46FN3. The van der Waals surface area contributed by atoms with Gasteiger partial charge in [-0.15, -0.1) is 0 Å². The SMILES string of the molecule is CCC(C)CC1(CN2CCC3(CC2)CC(F)(CN2CCN(C(C)C)CC2)C3)CC1. The van der Waals surface area contributed by atoms with Crippen molar-refractivity contribution < 1.29 is 4.39 Å². The molecule has 2 saturated heterocycles. The number of hydrogen-bond donors (Lipinski definition) is 0. The first-order valence-electron chi connectivity index (χ1n) is 12.6. The van der Waals surface area contributed by atoms with Crippen LogP contribution in [0.4, 0.5) is 4.39 Å². The summed E-state index contributed by atoms with van der Waals surface area (Å²) in [7, 11) is 0. The lowest BCUT2D eigenvalue weighted by atomic mass is 9.55. The smallest absolute Gasteiger partial charge is 0.124 e. The maximum Gasteiger partial charge on any atom is 0.124 e. The molecule has 29 heavy (non-hydrogen) atoms. The Morgan fingerprint density at radius 2 is 1.38 bits per heavy atom. The number of piperazine rings is 1. The number of hydrogen-bond acceptors (Lipinski definition) is 3. The van der Waals surface area contributed by atoms with Crippen molar-refractivity contribution in [2.24, 2.45) is 16.7 Å². The van der Waals surface area contributed by atoms with Gasteiger partial charge in [0.25, 0.3) is 0 Å². The number of alkyl halides is 1. The first kappa shape index (κ1) is 22.0. The molecule has 0 bridgehead atoms. The molecule has 4 heteroatoms. The number of likely N-dealkylation sites (tertiary alicyclic amines) is 1. The molecule has 1 unspecified atom stereocenters. The van der Waals surface area contributed by atoms with E-state index in [9.17, 15) is 0 Å². The van der Waals surface area contributed by atoms with Crippen LogP contribution in [0.25, 0.3) is 0 Å². The van der Waals surface area contributed by atoms with Crippen LogP contribution in [0, 0.1) is 16.7 Å². The molecule has 4 aliphatic rings. The Balaban J connectivity index is 1.18. The van der Waals surface area contributed by atoms with Crippen molar-refractivity contribution in [1.82, 2.24) is 14.7 Å². The van der Waals surface area contributed by atoms with Crippen molar-refractivity contribution in [3.8, 4) is 0 Å². The summed E-state index contributed by atoms with van der Waals surface area (Å²) in [5.74, 6) is 0.870. The van der Waals surface area contributed by atoms with Crippen LogP contribution in [0.15, 0.2) is 0 Å². The highest BCUT2D eigenvalue weighted by Gasteiger charge is 2.56. The molecule has 0 aromatic heterocycles. The Labute approximate surface area is 179 Å². The van der Waals surface area contributed by atoms with Gasteiger partial charge in [-0.05, 0) is 88.6 Å². The van der Waals surface area contributed by atoms with Crippen LogP contribution in [-0.2, 0) is 0 Å². The summed E-state index contributed by atoms with van der Waals surface area (Å²) in [6, 6.07) is 0.619. The summed E-state index contributed by atoms with van der Waals surface area (Å²) in [4.78, 5) is 7.64. The van der Waals surface area contributed by atoms with Crippen molar-refractivity contribution in [3.05, 3.63) is 0 Å². The lowest BCUT2D eigenvalue weighted by Gasteiger charge is -2.57. The molecule has 1 spiro atoms. The average Bonchev–Trinajstić information content (AvgIpc) is 3.41. The first-order valence-corrected chi connectivity index (χ1v) is 12.6. The van der Waals surface area contributed by atoms with Gasteiger partial charge in [-0.3, -0.25) is 9.80 Å². The average molecular weight is 408 g/mol. The van der Waals surface area contributed by atoms with Crippen molar-refractivity contribution in [2.45, 2.75) is 90.8 Å². The molecule has 0 radical (unpaired) electrons. The molecule has 0 N–H and O–H groups in total. The summed E-state index contributed by atoms with van der Waals surface area (Å²) in [6.07, 6.45) is 9.75. The van der Waals surface area contributed by atoms with Crippen molar-refractivity contribution >= 4 is 0 Å². The fourth-order valence-corrected chi connectivity index (χ4v) is 6.74. The maximum absolute atomic E-state index is 15.5. The first-order chi connectivity index (χ1) is 13.7. The van der Waals surface area contributed by atoms with Gasteiger partial charge < -0.3 is 4.90 Å². The molecule has 1 atom stereocenters. The van der Waals surface area contributed by atoms with E-state index >= 15 is 4.39 Å². The predicted octanol–water partition coefficient (Wildman–Crippen LogP) is 4.81. The Bertz CT molecular complexity index is 534. The fourth-order valence-electron chi connectivity index (χ4n) is 6.74. The molecule has 4 rings (SSSR count). The zero-order chi connectivity index (χ0) is 20.7. The van der Waals surface area contributed by atoms with E-state index in [-0.39, 0.29) is 0 Å². The van der Waals surface area contributed by atoms with Crippen LogP contribution in [0.2, 0.25) is 0 Å². The number of nitrogens with zero attached hydrogens (tertiary/aromatic N) is 3. The third-order valence-corrected chi connectivity index (χ3v) is 8.94. The van der Waals surface area contributed by atoms with Gasteiger partial charge in [0.05, 0.1) is 0 Å². The lowest BCUT2D eigenvalue weighted by Crippen LogP contribution is -2.60. The summed E-state index contributed by atoms with van der Waals surface area (Å²) < 4.78 is 15.5. The number of piperidine rings is 1. The molecule has 168 valence electrons. The normalized spacial score (nSPS) is 30.4. The highest BCUT2D eigenvalue weighted by Crippen LogP contribution is 2.58. The van der Waals surface area contributed by atoms with Crippen LogP contribution in [0.1, 0.15) is 79.1 Å². The van der Waals surface area contributed by atoms with Crippen LogP contribution in [-0.4, -0.2) is 78.8 Å². The largest absolute Gasteiger partial charge is 0.303 e. The van der Waals surface area contributed by atoms with Crippen molar-refractivity contribution in [2.75, 3.05) is 52.4 Å². The Hall–Kier alpha value is -0.190. The summed E-state index contributed by atoms with van der Waals surface area (Å²) in [5, 5.41) is 0. The van der Waals surface area contributed by atoms with E-state index in [4.69, 9.17) is 0 Å². The van der Waals surface area contributed by atoms with E-state index < -0.39 is 5.67 Å². The van der Waals surface area contributed by atoms with E-state index in [1.54, 1.807) is 0 Å². The van der Waals surface area contributed by atoms with Gasteiger partial charge in [-0.25, -0.2) is 4.39 Å². The van der Waals surface area contributed by atoms with Gasteiger partial charge in [0, 0.05) is 45.3 Å². The van der Waals surface area contributed by atoms with E-state index in [1.165, 1.54) is 58.2 Å². The molecule has 0 aromatic carbocycles. The standard InChI is InChI=1S/C25H46FN3/c1-5-22(4)16-23(6-7-23)19-27-10-8-24(9-11-27)17-25(26,18-24)20-28-12-14-29(15-13-28)21(2)3/h21-22H,5-20H2,1-4H3. The van der Waals surface area contributed by atoms with Gasteiger partial charge >= 0.3 is 0 Å². The van der Waals surface area contributed by atoms with Crippen molar-refractivity contribution in [3.63, 3.8) is 0 Å². The quantitative estimate of drug-likeness (QED) is 0.571. The Morgan fingerprint density at radius 1 is 0.793 bits per heavy atom. The zero-order valence-corrected chi connectivity index (χ0v) is 19.7. The van der Waals surface area contributed by atoms with Crippen LogP contribution < -0.4 is 0 Å². The molecule has 4 fully saturated rings. The minimum atomic E-state index is -0.906. The molecule has 0 aromatic rings. The molecule has 2 aliphatic heterocycles. The molecule has 0 amide bonds. The van der Waals surface area contributed by atoms with E-state index in [2.05, 4.69) is 42.4 Å². The highest BCUT2D eigenvalue weighted by molar-refractivity contribution is 5.08. The van der Waals surface area contributed by atoms with Crippen LogP contribution >= 0.6 is 0 Å². The summed E-state index contributed by atoms with van der Waals surface area (Å²) >= 11 is 0. The predicted molar refractivity (Wildman–Crippen MR) is 120 cm³/mol. The third kappa shape index (κ3) is 5.18. The highest BCUT2D eigenvalue weighted by atomic mass is 19.1. The van der Waals surface area contributed by atoms with Gasteiger partial charge in [0.15, 0.2) is 0 Å². The summed E-state index contributed by atoms with van der Waals surface area (Å²) in [6.45, 7) is 18.0. The second-order valence-electron chi connectivity index (χ2n) is 11.9. The second-order valence-corrected chi connectivity index (χ2v) is 11.9. The number of halogens is 1. The Morgan fingerprint density at radius 3 is 1.90 bits per heavy atom. The summed E-state index contributed by atoms with van der Waals surface area (Å²) in [5.41, 5.74) is 0.0659. The minimum absolute atomic E-state index is 0.332. The molecule has 3 nitrogen and oxygen atoms in total. The van der Waals surface area contributed by atoms with Crippen LogP contribution in [0.3, 0.4) is 0 Å². The molecule has 2 heterocycles. The van der Waals surface area contributed by atoms with Gasteiger partial charge in [-0.2, -0.15) is 0 Å². The van der Waals surface area contributed by atoms with E-state index in [1.807, 2.05) is 0 Å². The van der Waals surface area contributed by atoms with Crippen LogP contribution in [0.5, 0.6) is 0 Å². The third-order valence-electron chi connectivity index (χ3n) is 8.94. The number of rotatable bonds is 8. The monoisotopic (exact) mass is 407 g/mol. The van der Waals surface area contributed by atoms with Gasteiger partial charge in [0.1, 0.15) is 5.67 Å². The Kier molecular flexibility index (Phi) is 6.37. The minimum Gasteiger partial charge on any atom is -0.303 e. The second kappa shape index (κ2) is 8.39. The topological polar surface area (TPSA) is 9.72 Å². The maximum atomic E-state index is 15.5. The fraction of sp³-hybridized carbons (Fsp3) is 1.00. The zero-order valence-electron chi connectivity index (χ0n) is 19.7. The van der Waals surface area contributed by atoms with E-state index in [0.29, 0.717) is 23.4 Å². The van der Waals surface area contributed by atoms with E-state index in [0.717, 1.165) is 44.9 Å². The molecule has 2 saturated carbocycles. The molecule has 2 aliphatic carbocycles. The molecular weight excluding hydrogens is 361 g/mol. The van der Waals surface area contributed by atoms with Gasteiger partial charge in [-0.1, -0.05) is 20.3 Å². The van der Waals surface area contributed by atoms with Crippen molar-refractivity contribution in [1.29, 1.82) is 0 Å².